The van der Waals surface area contributed by atoms with Gasteiger partial charge in [-0.2, -0.15) is 26.3 Å². The Kier molecular flexibility index (Phi) is 8.93. The van der Waals surface area contributed by atoms with Gasteiger partial charge in [-0.05, 0) is 42.3 Å². The molecule has 2 aliphatic heterocycles. The predicted octanol–water partition coefficient (Wildman–Crippen LogP) is 6.10. The van der Waals surface area contributed by atoms with Crippen LogP contribution in [0.5, 0.6) is 0 Å². The van der Waals surface area contributed by atoms with E-state index in [1.807, 2.05) is 9.80 Å². The number of halogens is 10. The molecule has 41 heavy (non-hydrogen) atoms. The van der Waals surface area contributed by atoms with Crippen molar-refractivity contribution in [2.75, 3.05) is 45.8 Å². The van der Waals surface area contributed by atoms with Crippen molar-refractivity contribution in [2.24, 2.45) is 0 Å². The molecule has 4 rings (SSSR count). The minimum Gasteiger partial charge on any atom is -0.333 e. The Hall–Kier alpha value is -2.87. The predicted molar refractivity (Wildman–Crippen MR) is 128 cm³/mol. The lowest BCUT2D eigenvalue weighted by Gasteiger charge is -2.42. The molecule has 1 atom stereocenters. The number of alkyl halides is 8. The fourth-order valence-electron chi connectivity index (χ4n) is 5.13. The number of hydrogen-bond donors (Lipinski definition) is 0. The van der Waals surface area contributed by atoms with Crippen LogP contribution in [0.3, 0.4) is 0 Å². The lowest BCUT2D eigenvalue weighted by Crippen LogP contribution is -2.57. The summed E-state index contributed by atoms with van der Waals surface area (Å²) in [5.41, 5.74) is -3.78. The molecule has 2 fully saturated rings. The molecule has 0 saturated carbocycles. The maximum Gasteiger partial charge on any atom is 0.416 e. The summed E-state index contributed by atoms with van der Waals surface area (Å²) in [6, 6.07) is 2.93. The van der Waals surface area contributed by atoms with E-state index in [4.69, 9.17) is 0 Å². The molecule has 2 aliphatic rings. The summed E-state index contributed by atoms with van der Waals surface area (Å²) in [6.45, 7) is 1.51. The average Bonchev–Trinajstić information content (AvgIpc) is 2.88. The van der Waals surface area contributed by atoms with Crippen LogP contribution in [0.25, 0.3) is 0 Å². The molecular formula is C27H27F10N3O. The quantitative estimate of drug-likeness (QED) is 0.376. The summed E-state index contributed by atoms with van der Waals surface area (Å²) in [6.07, 6.45) is -10.9. The van der Waals surface area contributed by atoms with Gasteiger partial charge < -0.3 is 9.80 Å². The van der Waals surface area contributed by atoms with Crippen LogP contribution in [0.15, 0.2) is 36.4 Å². The van der Waals surface area contributed by atoms with Gasteiger partial charge in [0.1, 0.15) is 0 Å². The molecule has 2 heterocycles. The number of amides is 1. The Morgan fingerprint density at radius 3 is 1.93 bits per heavy atom. The average molecular weight is 600 g/mol. The summed E-state index contributed by atoms with van der Waals surface area (Å²) in [5.74, 6) is -6.04. The molecule has 14 heteroatoms. The molecule has 226 valence electrons. The van der Waals surface area contributed by atoms with Gasteiger partial charge in [0.2, 0.25) is 0 Å². The SMILES string of the molecule is O=C(c1cc(C(F)(F)F)cc(C(F)(F)F)c1)N1CCN(CCN2CCC(F)(F)CC2)C[C@H]1Cc1ccc(F)c(F)c1. The lowest BCUT2D eigenvalue weighted by atomic mass is 9.99. The number of piperidine rings is 1. The van der Waals surface area contributed by atoms with Crippen molar-refractivity contribution in [3.63, 3.8) is 0 Å². The first-order valence-electron chi connectivity index (χ1n) is 12.9. The first-order chi connectivity index (χ1) is 19.0. The highest BCUT2D eigenvalue weighted by Crippen LogP contribution is 2.37. The second-order valence-electron chi connectivity index (χ2n) is 10.4. The molecule has 2 aromatic rings. The van der Waals surface area contributed by atoms with Crippen molar-refractivity contribution in [3.8, 4) is 0 Å². The molecule has 0 radical (unpaired) electrons. The number of likely N-dealkylation sites (tertiary alicyclic amines) is 1. The van der Waals surface area contributed by atoms with Crippen molar-refractivity contribution in [2.45, 2.75) is 43.6 Å². The second-order valence-corrected chi connectivity index (χ2v) is 10.4. The molecule has 2 aromatic carbocycles. The zero-order valence-electron chi connectivity index (χ0n) is 21.6. The minimum absolute atomic E-state index is 0.0551. The normalized spacial score (nSPS) is 20.8. The number of carbonyl (C=O) groups is 1. The summed E-state index contributed by atoms with van der Waals surface area (Å²) in [4.78, 5) is 18.3. The van der Waals surface area contributed by atoms with E-state index in [1.165, 1.54) is 6.07 Å². The third kappa shape index (κ3) is 7.91. The maximum atomic E-state index is 13.9. The van der Waals surface area contributed by atoms with Crippen molar-refractivity contribution < 1.29 is 48.7 Å². The Labute approximate surface area is 229 Å². The number of hydrogen-bond acceptors (Lipinski definition) is 3. The van der Waals surface area contributed by atoms with E-state index >= 15 is 0 Å². The molecule has 0 unspecified atom stereocenters. The zero-order chi connectivity index (χ0) is 30.2. The highest BCUT2D eigenvalue weighted by atomic mass is 19.4. The smallest absolute Gasteiger partial charge is 0.333 e. The van der Waals surface area contributed by atoms with E-state index in [0.29, 0.717) is 25.2 Å². The van der Waals surface area contributed by atoms with Crippen molar-refractivity contribution in [1.82, 2.24) is 14.7 Å². The molecule has 0 aromatic heterocycles. The molecule has 4 nitrogen and oxygen atoms in total. The van der Waals surface area contributed by atoms with Crippen LogP contribution in [0, 0.1) is 11.6 Å². The number of rotatable bonds is 6. The minimum atomic E-state index is -5.14. The van der Waals surface area contributed by atoms with Gasteiger partial charge in [-0.15, -0.1) is 0 Å². The lowest BCUT2D eigenvalue weighted by molar-refractivity contribution is -0.143. The van der Waals surface area contributed by atoms with Crippen molar-refractivity contribution in [3.05, 3.63) is 70.3 Å². The molecular weight excluding hydrogens is 572 g/mol. The van der Waals surface area contributed by atoms with Crippen LogP contribution in [0.1, 0.15) is 39.9 Å². The number of nitrogens with zero attached hydrogens (tertiary/aromatic N) is 3. The van der Waals surface area contributed by atoms with Crippen molar-refractivity contribution >= 4 is 5.91 Å². The zero-order valence-corrected chi connectivity index (χ0v) is 21.6. The van der Waals surface area contributed by atoms with Crippen LogP contribution >= 0.6 is 0 Å². The standard InChI is InChI=1S/C27H27F10N3O/c28-22-2-1-17(12-23(22)29)11-21-16-39(8-7-38-5-3-25(30,31)4-6-38)9-10-40(21)24(41)18-13-19(26(32,33)34)15-20(14-18)27(35,36)37/h1-2,12-15,21H,3-11,16H2/t21-/m1/s1. The molecule has 0 spiro atoms. The maximum absolute atomic E-state index is 13.9. The Balaban J connectivity index is 1.57. The van der Waals surface area contributed by atoms with E-state index in [0.717, 1.165) is 17.0 Å². The van der Waals surface area contributed by atoms with Crippen LogP contribution in [0.4, 0.5) is 43.9 Å². The number of carbonyl (C=O) groups excluding carboxylic acids is 1. The first kappa shape index (κ1) is 31.1. The third-order valence-electron chi connectivity index (χ3n) is 7.44. The molecule has 0 aliphatic carbocycles. The highest BCUT2D eigenvalue weighted by molar-refractivity contribution is 5.95. The molecule has 2 saturated heterocycles. The van der Waals surface area contributed by atoms with Crippen molar-refractivity contribution in [1.29, 1.82) is 0 Å². The second kappa shape index (κ2) is 11.8. The van der Waals surface area contributed by atoms with Gasteiger partial charge in [0.05, 0.1) is 11.1 Å². The monoisotopic (exact) mass is 599 g/mol. The van der Waals surface area contributed by atoms with E-state index < -0.39 is 58.5 Å². The van der Waals surface area contributed by atoms with Gasteiger partial charge in [-0.1, -0.05) is 6.07 Å². The Morgan fingerprint density at radius 1 is 0.780 bits per heavy atom. The van der Waals surface area contributed by atoms with Gasteiger partial charge >= 0.3 is 12.4 Å². The number of benzene rings is 2. The van der Waals surface area contributed by atoms with Gasteiger partial charge in [-0.25, -0.2) is 17.6 Å². The van der Waals surface area contributed by atoms with Crippen LogP contribution in [0.2, 0.25) is 0 Å². The van der Waals surface area contributed by atoms with Crippen LogP contribution in [-0.2, 0) is 18.8 Å². The third-order valence-corrected chi connectivity index (χ3v) is 7.44. The fourth-order valence-corrected chi connectivity index (χ4v) is 5.13. The van der Waals surface area contributed by atoms with E-state index in [-0.39, 0.29) is 63.6 Å². The Bertz CT molecular complexity index is 1200. The molecule has 1 amide bonds. The summed E-state index contributed by atoms with van der Waals surface area (Å²) in [7, 11) is 0. The summed E-state index contributed by atoms with van der Waals surface area (Å²) in [5, 5.41) is 0. The van der Waals surface area contributed by atoms with Gasteiger partial charge in [-0.3, -0.25) is 9.69 Å². The van der Waals surface area contributed by atoms with Crippen LogP contribution < -0.4 is 0 Å². The summed E-state index contributed by atoms with van der Waals surface area (Å²) < 4.78 is 135. The van der Waals surface area contributed by atoms with E-state index in [1.54, 1.807) is 0 Å². The Morgan fingerprint density at radius 2 is 1.37 bits per heavy atom. The van der Waals surface area contributed by atoms with Gasteiger partial charge in [0, 0.05) is 70.3 Å². The van der Waals surface area contributed by atoms with Gasteiger partial charge in [0.25, 0.3) is 11.8 Å². The first-order valence-corrected chi connectivity index (χ1v) is 12.9. The van der Waals surface area contributed by atoms with E-state index in [9.17, 15) is 48.7 Å². The fraction of sp³-hybridized carbons (Fsp3) is 0.519. The number of piperazine rings is 1. The van der Waals surface area contributed by atoms with Crippen LogP contribution in [-0.4, -0.2) is 78.4 Å². The van der Waals surface area contributed by atoms with Gasteiger partial charge in [0.15, 0.2) is 11.6 Å². The summed E-state index contributed by atoms with van der Waals surface area (Å²) >= 11 is 0. The highest BCUT2D eigenvalue weighted by Gasteiger charge is 2.39. The molecule has 0 bridgehead atoms. The van der Waals surface area contributed by atoms with E-state index in [2.05, 4.69) is 0 Å². The topological polar surface area (TPSA) is 26.8 Å². The molecule has 0 N–H and O–H groups in total. The largest absolute Gasteiger partial charge is 0.416 e.